The summed E-state index contributed by atoms with van der Waals surface area (Å²) in [5, 5.41) is 3.07. The number of hydrogen-bond acceptors (Lipinski definition) is 5. The zero-order valence-corrected chi connectivity index (χ0v) is 11.4. The summed E-state index contributed by atoms with van der Waals surface area (Å²) in [4.78, 5) is 4.19. The number of hydrogen-bond donors (Lipinski definition) is 1. The summed E-state index contributed by atoms with van der Waals surface area (Å²) in [7, 11) is 3.47. The molecule has 0 radical (unpaired) electrons. The van der Waals surface area contributed by atoms with E-state index in [1.165, 1.54) is 0 Å². The maximum atomic E-state index is 5.96. The Bertz CT molecular complexity index is 599. The van der Waals surface area contributed by atoms with Gasteiger partial charge < -0.3 is 19.5 Å². The summed E-state index contributed by atoms with van der Waals surface area (Å²) in [5.74, 6) is 2.09. The fraction of sp³-hybridized carbons (Fsp3) is 0.267. The summed E-state index contributed by atoms with van der Waals surface area (Å²) in [5.41, 5.74) is 1.96. The number of benzene rings is 1. The molecule has 0 saturated heterocycles. The zero-order valence-electron chi connectivity index (χ0n) is 11.4. The van der Waals surface area contributed by atoms with Crippen LogP contribution in [0, 0.1) is 0 Å². The van der Waals surface area contributed by atoms with Gasteiger partial charge >= 0.3 is 0 Å². The Hall–Kier alpha value is -2.43. The molecule has 5 nitrogen and oxygen atoms in total. The van der Waals surface area contributed by atoms with Crippen molar-refractivity contribution in [1.82, 2.24) is 4.98 Å². The van der Waals surface area contributed by atoms with E-state index in [0.29, 0.717) is 12.5 Å². The summed E-state index contributed by atoms with van der Waals surface area (Å²) in [6.45, 7) is 0.466. The maximum absolute atomic E-state index is 5.96. The van der Waals surface area contributed by atoms with Gasteiger partial charge in [0, 0.05) is 36.6 Å². The zero-order chi connectivity index (χ0) is 13.9. The number of nitrogens with zero attached hydrogens (tertiary/aromatic N) is 1. The van der Waals surface area contributed by atoms with Gasteiger partial charge in [-0.3, -0.25) is 0 Å². The maximum Gasteiger partial charge on any atom is 0.212 e. The second-order valence-electron chi connectivity index (χ2n) is 4.46. The summed E-state index contributed by atoms with van der Waals surface area (Å²) in [6.07, 6.45) is 1.60. The van der Waals surface area contributed by atoms with Gasteiger partial charge in [-0.15, -0.1) is 0 Å². The fourth-order valence-electron chi connectivity index (χ4n) is 2.09. The van der Waals surface area contributed by atoms with E-state index in [1.54, 1.807) is 13.3 Å². The summed E-state index contributed by atoms with van der Waals surface area (Å²) in [6, 6.07) is 9.55. The van der Waals surface area contributed by atoms with E-state index in [9.17, 15) is 0 Å². The predicted octanol–water partition coefficient (Wildman–Crippen LogP) is 2.64. The van der Waals surface area contributed by atoms with Crippen molar-refractivity contribution in [2.75, 3.05) is 26.1 Å². The van der Waals surface area contributed by atoms with Gasteiger partial charge in [-0.05, 0) is 18.2 Å². The molecule has 1 aromatic carbocycles. The average molecular weight is 272 g/mol. The van der Waals surface area contributed by atoms with E-state index in [2.05, 4.69) is 10.3 Å². The number of fused-ring (bicyclic) bond motifs is 1. The Morgan fingerprint density at radius 3 is 2.85 bits per heavy atom. The number of pyridine rings is 1. The van der Waals surface area contributed by atoms with Gasteiger partial charge in [0.15, 0.2) is 17.6 Å². The Morgan fingerprint density at radius 2 is 2.15 bits per heavy atom. The van der Waals surface area contributed by atoms with Crippen LogP contribution in [0.3, 0.4) is 0 Å². The minimum Gasteiger partial charge on any atom is -0.485 e. The van der Waals surface area contributed by atoms with Crippen molar-refractivity contribution in [3.63, 3.8) is 0 Å². The Balaban J connectivity index is 1.80. The summed E-state index contributed by atoms with van der Waals surface area (Å²) < 4.78 is 16.8. The van der Waals surface area contributed by atoms with Crippen LogP contribution in [0.25, 0.3) is 0 Å². The van der Waals surface area contributed by atoms with Crippen molar-refractivity contribution in [1.29, 1.82) is 0 Å². The lowest BCUT2D eigenvalue weighted by Crippen LogP contribution is -2.21. The highest BCUT2D eigenvalue weighted by Gasteiger charge is 2.23. The molecule has 0 saturated carbocycles. The van der Waals surface area contributed by atoms with Gasteiger partial charge in [0.05, 0.1) is 7.11 Å². The molecule has 1 unspecified atom stereocenters. The first kappa shape index (κ1) is 12.6. The Morgan fingerprint density at radius 1 is 1.25 bits per heavy atom. The number of aromatic nitrogens is 1. The van der Waals surface area contributed by atoms with E-state index in [-0.39, 0.29) is 6.10 Å². The molecule has 0 spiro atoms. The second-order valence-corrected chi connectivity index (χ2v) is 4.46. The molecule has 1 N–H and O–H groups in total. The third-order valence-corrected chi connectivity index (χ3v) is 3.23. The molecular weight excluding hydrogens is 256 g/mol. The molecule has 0 bridgehead atoms. The molecule has 1 atom stereocenters. The first-order chi connectivity index (χ1) is 9.80. The molecule has 1 aliphatic rings. The van der Waals surface area contributed by atoms with Crippen LogP contribution in [0.4, 0.5) is 5.69 Å². The topological polar surface area (TPSA) is 52.6 Å². The smallest absolute Gasteiger partial charge is 0.212 e. The predicted molar refractivity (Wildman–Crippen MR) is 75.6 cm³/mol. The van der Waals surface area contributed by atoms with Gasteiger partial charge in [0.2, 0.25) is 5.88 Å². The van der Waals surface area contributed by atoms with Crippen molar-refractivity contribution >= 4 is 5.69 Å². The van der Waals surface area contributed by atoms with Gasteiger partial charge in [-0.2, -0.15) is 0 Å². The van der Waals surface area contributed by atoms with Crippen LogP contribution in [-0.4, -0.2) is 25.7 Å². The number of rotatable bonds is 3. The SMILES string of the molecule is CNc1ccc2c(c1)OCC(c1ccc(OC)nc1)O2. The molecule has 3 rings (SSSR count). The molecule has 2 aromatic rings. The number of anilines is 1. The van der Waals surface area contributed by atoms with E-state index in [1.807, 2.05) is 37.4 Å². The molecule has 5 heteroatoms. The molecule has 104 valence electrons. The van der Waals surface area contributed by atoms with E-state index in [0.717, 1.165) is 22.7 Å². The molecule has 2 heterocycles. The van der Waals surface area contributed by atoms with E-state index in [4.69, 9.17) is 14.2 Å². The van der Waals surface area contributed by atoms with Crippen LogP contribution in [0.15, 0.2) is 36.5 Å². The van der Waals surface area contributed by atoms with Gasteiger partial charge in [-0.25, -0.2) is 4.98 Å². The first-order valence-electron chi connectivity index (χ1n) is 6.41. The Labute approximate surface area is 117 Å². The van der Waals surface area contributed by atoms with Crippen molar-refractivity contribution in [3.8, 4) is 17.4 Å². The largest absolute Gasteiger partial charge is 0.485 e. The third kappa shape index (κ3) is 2.34. The van der Waals surface area contributed by atoms with Crippen LogP contribution in [0.1, 0.15) is 11.7 Å². The summed E-state index contributed by atoms with van der Waals surface area (Å²) >= 11 is 0. The van der Waals surface area contributed by atoms with Crippen LogP contribution < -0.4 is 19.5 Å². The van der Waals surface area contributed by atoms with Crippen molar-refractivity contribution in [2.45, 2.75) is 6.10 Å². The highest BCUT2D eigenvalue weighted by atomic mass is 16.6. The Kier molecular flexibility index (Phi) is 3.33. The van der Waals surface area contributed by atoms with E-state index < -0.39 is 0 Å². The number of nitrogens with one attached hydrogen (secondary N) is 1. The monoisotopic (exact) mass is 272 g/mol. The van der Waals surface area contributed by atoms with Gasteiger partial charge in [0.25, 0.3) is 0 Å². The fourth-order valence-corrected chi connectivity index (χ4v) is 2.09. The van der Waals surface area contributed by atoms with Crippen molar-refractivity contribution in [2.24, 2.45) is 0 Å². The van der Waals surface area contributed by atoms with Crippen LogP contribution >= 0.6 is 0 Å². The lowest BCUT2D eigenvalue weighted by molar-refractivity contribution is 0.0911. The molecule has 20 heavy (non-hydrogen) atoms. The molecule has 1 aliphatic heterocycles. The quantitative estimate of drug-likeness (QED) is 0.931. The molecule has 0 aliphatic carbocycles. The average Bonchev–Trinajstić information content (AvgIpc) is 2.54. The lowest BCUT2D eigenvalue weighted by atomic mass is 10.1. The van der Waals surface area contributed by atoms with Crippen molar-refractivity contribution in [3.05, 3.63) is 42.1 Å². The number of methoxy groups -OCH3 is 1. The standard InChI is InChI=1S/C15H16N2O3/c1-16-11-4-5-12-13(7-11)19-9-14(20-12)10-3-6-15(18-2)17-8-10/h3-8,14,16H,9H2,1-2H3. The molecule has 0 amide bonds. The highest BCUT2D eigenvalue weighted by Crippen LogP contribution is 2.37. The van der Waals surface area contributed by atoms with E-state index >= 15 is 0 Å². The highest BCUT2D eigenvalue weighted by molar-refractivity contribution is 5.55. The molecule has 0 fully saturated rings. The molecule has 1 aromatic heterocycles. The normalized spacial score (nSPS) is 16.6. The van der Waals surface area contributed by atoms with Gasteiger partial charge in [-0.1, -0.05) is 0 Å². The van der Waals surface area contributed by atoms with Crippen molar-refractivity contribution < 1.29 is 14.2 Å². The van der Waals surface area contributed by atoms with Crippen LogP contribution in [0.2, 0.25) is 0 Å². The minimum absolute atomic E-state index is 0.152. The number of ether oxygens (including phenoxy) is 3. The van der Waals surface area contributed by atoms with Gasteiger partial charge in [0.1, 0.15) is 6.61 Å². The molecular formula is C15H16N2O3. The second kappa shape index (κ2) is 5.28. The minimum atomic E-state index is -0.152. The van der Waals surface area contributed by atoms with Crippen LogP contribution in [0.5, 0.6) is 17.4 Å². The lowest BCUT2D eigenvalue weighted by Gasteiger charge is -2.27. The third-order valence-electron chi connectivity index (χ3n) is 3.23. The van der Waals surface area contributed by atoms with Crippen LogP contribution in [-0.2, 0) is 0 Å². The first-order valence-corrected chi connectivity index (χ1v) is 6.41.